The Hall–Kier alpha value is -2.76. The van der Waals surface area contributed by atoms with E-state index in [1.807, 2.05) is 31.2 Å². The number of aromatic amines is 1. The van der Waals surface area contributed by atoms with Gasteiger partial charge in [0.05, 0.1) is 12.2 Å². The lowest BCUT2D eigenvalue weighted by Gasteiger charge is -2.32. The smallest absolute Gasteiger partial charge is 0.259 e. The van der Waals surface area contributed by atoms with Crippen LogP contribution in [0.4, 0.5) is 0 Å². The lowest BCUT2D eigenvalue weighted by atomic mass is 9.98. The number of hydrogen-bond acceptors (Lipinski definition) is 4. The molecule has 1 amide bonds. The Labute approximate surface area is 146 Å². The van der Waals surface area contributed by atoms with E-state index < -0.39 is 5.56 Å². The standard InChI is InChI=1S/C19H22N2O4/c1-13-4-6-15(7-5-13)25-12-14-3-2-8-21(11-14)19(24)16-10-20-18(23)9-17(16)22/h4-7,9-10,14H,2-3,8,11-12H2,1H3,(H2,20,22,23). The molecule has 132 valence electrons. The van der Waals surface area contributed by atoms with Crippen molar-refractivity contribution >= 4 is 5.91 Å². The van der Waals surface area contributed by atoms with Crippen molar-refractivity contribution in [2.45, 2.75) is 19.8 Å². The fourth-order valence-electron chi connectivity index (χ4n) is 3.04. The van der Waals surface area contributed by atoms with E-state index in [9.17, 15) is 14.7 Å². The van der Waals surface area contributed by atoms with Gasteiger partial charge in [-0.25, -0.2) is 0 Å². The summed E-state index contributed by atoms with van der Waals surface area (Å²) in [5, 5.41) is 9.84. The van der Waals surface area contributed by atoms with E-state index in [2.05, 4.69) is 4.98 Å². The van der Waals surface area contributed by atoms with Crippen LogP contribution in [-0.4, -0.2) is 40.6 Å². The normalized spacial score (nSPS) is 17.3. The summed E-state index contributed by atoms with van der Waals surface area (Å²) in [7, 11) is 0. The average molecular weight is 342 g/mol. The summed E-state index contributed by atoms with van der Waals surface area (Å²) in [6, 6.07) is 8.92. The molecule has 0 spiro atoms. The number of pyridine rings is 1. The van der Waals surface area contributed by atoms with Crippen LogP contribution in [0.5, 0.6) is 11.5 Å². The molecule has 0 aliphatic carbocycles. The summed E-state index contributed by atoms with van der Waals surface area (Å²) in [6.07, 6.45) is 3.15. The van der Waals surface area contributed by atoms with Gasteiger partial charge >= 0.3 is 0 Å². The molecule has 3 rings (SSSR count). The van der Waals surface area contributed by atoms with Crippen LogP contribution in [0.3, 0.4) is 0 Å². The van der Waals surface area contributed by atoms with Crippen LogP contribution in [0.2, 0.25) is 0 Å². The third-order valence-corrected chi connectivity index (χ3v) is 4.45. The van der Waals surface area contributed by atoms with Crippen molar-refractivity contribution in [2.24, 2.45) is 5.92 Å². The number of aryl methyl sites for hydroxylation is 1. The first-order valence-electron chi connectivity index (χ1n) is 8.43. The number of ether oxygens (including phenoxy) is 1. The van der Waals surface area contributed by atoms with E-state index >= 15 is 0 Å². The molecule has 1 aliphatic heterocycles. The van der Waals surface area contributed by atoms with Gasteiger partial charge in [-0.15, -0.1) is 0 Å². The topological polar surface area (TPSA) is 82.6 Å². The zero-order chi connectivity index (χ0) is 17.8. The van der Waals surface area contributed by atoms with Crippen molar-refractivity contribution < 1.29 is 14.6 Å². The lowest BCUT2D eigenvalue weighted by Crippen LogP contribution is -2.41. The van der Waals surface area contributed by atoms with Gasteiger partial charge < -0.3 is 19.7 Å². The van der Waals surface area contributed by atoms with Crippen molar-refractivity contribution in [1.82, 2.24) is 9.88 Å². The predicted molar refractivity (Wildman–Crippen MR) is 94.0 cm³/mol. The first kappa shape index (κ1) is 17.1. The zero-order valence-corrected chi connectivity index (χ0v) is 14.2. The first-order valence-corrected chi connectivity index (χ1v) is 8.43. The minimum absolute atomic E-state index is 0.125. The molecule has 0 radical (unpaired) electrons. The molecule has 6 heteroatoms. The van der Waals surface area contributed by atoms with Crippen molar-refractivity contribution in [3.05, 3.63) is 58.0 Å². The number of aromatic hydroxyl groups is 1. The van der Waals surface area contributed by atoms with Gasteiger partial charge in [0.25, 0.3) is 11.5 Å². The number of carbonyl (C=O) groups excluding carboxylic acids is 1. The summed E-state index contributed by atoms with van der Waals surface area (Å²) in [5.74, 6) is 0.511. The molecule has 2 N–H and O–H groups in total. The van der Waals surface area contributed by atoms with Gasteiger partial charge in [-0.05, 0) is 31.9 Å². The summed E-state index contributed by atoms with van der Waals surface area (Å²) < 4.78 is 5.84. The van der Waals surface area contributed by atoms with Gasteiger partial charge in [0.2, 0.25) is 0 Å². The number of carbonyl (C=O) groups is 1. The SMILES string of the molecule is Cc1ccc(OCC2CCCN(C(=O)c3c[nH]c(=O)cc3O)C2)cc1. The van der Waals surface area contributed by atoms with Crippen LogP contribution in [0.25, 0.3) is 0 Å². The van der Waals surface area contributed by atoms with E-state index in [-0.39, 0.29) is 23.1 Å². The molecule has 1 fully saturated rings. The van der Waals surface area contributed by atoms with E-state index in [4.69, 9.17) is 4.74 Å². The Bertz CT molecular complexity index is 798. The highest BCUT2D eigenvalue weighted by molar-refractivity contribution is 5.96. The second-order valence-corrected chi connectivity index (χ2v) is 6.48. The fraction of sp³-hybridized carbons (Fsp3) is 0.368. The van der Waals surface area contributed by atoms with Gasteiger partial charge in [-0.1, -0.05) is 17.7 Å². The number of amides is 1. The maximum atomic E-state index is 12.6. The van der Waals surface area contributed by atoms with Gasteiger partial charge in [-0.2, -0.15) is 0 Å². The third-order valence-electron chi connectivity index (χ3n) is 4.45. The minimum atomic E-state index is -0.433. The van der Waals surface area contributed by atoms with E-state index in [1.54, 1.807) is 4.90 Å². The van der Waals surface area contributed by atoms with Gasteiger partial charge in [0.1, 0.15) is 11.5 Å². The summed E-state index contributed by atoms with van der Waals surface area (Å²) >= 11 is 0. The van der Waals surface area contributed by atoms with Crippen LogP contribution in [0, 0.1) is 12.8 Å². The average Bonchev–Trinajstić information content (AvgIpc) is 2.61. The van der Waals surface area contributed by atoms with Crippen LogP contribution in [0.1, 0.15) is 28.8 Å². The molecule has 2 aromatic rings. The second kappa shape index (κ2) is 7.42. The number of benzene rings is 1. The maximum absolute atomic E-state index is 12.6. The molecule has 0 bridgehead atoms. The Morgan fingerprint density at radius 3 is 2.84 bits per heavy atom. The highest BCUT2D eigenvalue weighted by Gasteiger charge is 2.26. The highest BCUT2D eigenvalue weighted by Crippen LogP contribution is 2.22. The predicted octanol–water partition coefficient (Wildman–Crippen LogP) is 2.32. The number of aromatic nitrogens is 1. The number of likely N-dealkylation sites (tertiary alicyclic amines) is 1. The number of nitrogens with one attached hydrogen (secondary N) is 1. The lowest BCUT2D eigenvalue weighted by molar-refractivity contribution is 0.0630. The molecule has 1 atom stereocenters. The molecule has 1 aromatic heterocycles. The number of rotatable bonds is 4. The monoisotopic (exact) mass is 342 g/mol. The second-order valence-electron chi connectivity index (χ2n) is 6.48. The minimum Gasteiger partial charge on any atom is -0.507 e. The largest absolute Gasteiger partial charge is 0.507 e. The third kappa shape index (κ3) is 4.21. The molecule has 6 nitrogen and oxygen atoms in total. The number of H-pyrrole nitrogens is 1. The Morgan fingerprint density at radius 2 is 2.12 bits per heavy atom. The van der Waals surface area contributed by atoms with Crippen LogP contribution in [-0.2, 0) is 0 Å². The summed E-state index contributed by atoms with van der Waals surface area (Å²) in [4.78, 5) is 27.9. The van der Waals surface area contributed by atoms with Crippen molar-refractivity contribution in [3.63, 3.8) is 0 Å². The van der Waals surface area contributed by atoms with E-state index in [0.717, 1.165) is 24.7 Å². The highest BCUT2D eigenvalue weighted by atomic mass is 16.5. The Balaban J connectivity index is 1.61. The number of hydrogen-bond donors (Lipinski definition) is 2. The van der Waals surface area contributed by atoms with Gasteiger partial charge in [0.15, 0.2) is 0 Å². The van der Waals surface area contributed by atoms with Crippen LogP contribution in [0.15, 0.2) is 41.3 Å². The van der Waals surface area contributed by atoms with Gasteiger partial charge in [0, 0.05) is 31.3 Å². The zero-order valence-electron chi connectivity index (χ0n) is 14.2. The molecule has 1 aromatic carbocycles. The number of nitrogens with zero attached hydrogens (tertiary/aromatic N) is 1. The molecular weight excluding hydrogens is 320 g/mol. The molecule has 1 aliphatic rings. The molecule has 0 saturated carbocycles. The molecular formula is C19H22N2O4. The van der Waals surface area contributed by atoms with Crippen LogP contribution < -0.4 is 10.3 Å². The fourth-order valence-corrected chi connectivity index (χ4v) is 3.04. The maximum Gasteiger partial charge on any atom is 0.259 e. The summed E-state index contributed by atoms with van der Waals surface area (Å²) in [5.41, 5.74) is 0.874. The molecule has 2 heterocycles. The van der Waals surface area contributed by atoms with Crippen LogP contribution >= 0.6 is 0 Å². The van der Waals surface area contributed by atoms with Crippen molar-refractivity contribution in [2.75, 3.05) is 19.7 Å². The Kier molecular flexibility index (Phi) is 5.07. The van der Waals surface area contributed by atoms with Crippen molar-refractivity contribution in [3.8, 4) is 11.5 Å². The van der Waals surface area contributed by atoms with Gasteiger partial charge in [-0.3, -0.25) is 9.59 Å². The molecule has 1 saturated heterocycles. The first-order chi connectivity index (χ1) is 12.0. The summed E-state index contributed by atoms with van der Waals surface area (Å²) in [6.45, 7) is 3.78. The quantitative estimate of drug-likeness (QED) is 0.893. The van der Waals surface area contributed by atoms with E-state index in [0.29, 0.717) is 19.7 Å². The molecule has 25 heavy (non-hydrogen) atoms. The van der Waals surface area contributed by atoms with Crippen molar-refractivity contribution in [1.29, 1.82) is 0 Å². The number of piperidine rings is 1. The molecule has 1 unspecified atom stereocenters. The Morgan fingerprint density at radius 1 is 1.36 bits per heavy atom. The van der Waals surface area contributed by atoms with E-state index in [1.165, 1.54) is 11.8 Å².